The molecule has 0 bridgehead atoms. The Kier molecular flexibility index (Phi) is 10.8. The number of benzene rings is 2. The molecule has 1 aliphatic rings. The van der Waals surface area contributed by atoms with Gasteiger partial charge in [-0.15, -0.1) is 12.4 Å². The Labute approximate surface area is 237 Å². The molecule has 0 aliphatic carbocycles. The fraction of sp³-hybridized carbons (Fsp3) is 0.414. The molecule has 0 saturated carbocycles. The van der Waals surface area contributed by atoms with Crippen molar-refractivity contribution in [2.45, 2.75) is 40.2 Å². The van der Waals surface area contributed by atoms with E-state index in [1.165, 1.54) is 5.56 Å². The number of halogens is 3. The molecule has 2 heterocycles. The third-order valence-electron chi connectivity index (χ3n) is 6.99. The van der Waals surface area contributed by atoms with Gasteiger partial charge in [0.25, 0.3) is 5.91 Å². The lowest BCUT2D eigenvalue weighted by atomic mass is 10.1. The van der Waals surface area contributed by atoms with Crippen LogP contribution in [0, 0.1) is 13.8 Å². The second kappa shape index (κ2) is 13.6. The van der Waals surface area contributed by atoms with Crippen LogP contribution >= 0.6 is 35.6 Å². The third-order valence-corrected chi connectivity index (χ3v) is 7.80. The zero-order valence-electron chi connectivity index (χ0n) is 21.9. The van der Waals surface area contributed by atoms with E-state index in [1.807, 2.05) is 31.2 Å². The number of aryl methyl sites for hydroxylation is 1. The summed E-state index contributed by atoms with van der Waals surface area (Å²) in [7, 11) is 0. The van der Waals surface area contributed by atoms with Crippen LogP contribution in [0.2, 0.25) is 10.0 Å². The highest BCUT2D eigenvalue weighted by molar-refractivity contribution is 6.43. The molecule has 0 spiro atoms. The lowest BCUT2D eigenvalue weighted by Crippen LogP contribution is -2.47. The number of carbonyl (C=O) groups is 1. The monoisotopic (exact) mass is 562 g/mol. The van der Waals surface area contributed by atoms with E-state index in [9.17, 15) is 4.79 Å². The smallest absolute Gasteiger partial charge is 0.253 e. The van der Waals surface area contributed by atoms with Gasteiger partial charge in [-0.2, -0.15) is 0 Å². The number of hydrogen-bond acceptors (Lipinski definition) is 3. The van der Waals surface area contributed by atoms with Gasteiger partial charge in [0.05, 0.1) is 21.3 Å². The van der Waals surface area contributed by atoms with Crippen molar-refractivity contribution in [3.05, 3.63) is 75.4 Å². The molecule has 2 aromatic carbocycles. The Balaban J connectivity index is 0.00000380. The molecule has 1 aliphatic heterocycles. The summed E-state index contributed by atoms with van der Waals surface area (Å²) in [5.41, 5.74) is 6.29. The number of hydrogen-bond donors (Lipinski definition) is 1. The number of anilines is 1. The summed E-state index contributed by atoms with van der Waals surface area (Å²) in [5.74, 6) is 0.0103. The van der Waals surface area contributed by atoms with Crippen LogP contribution in [0.5, 0.6) is 0 Å². The molecule has 1 aromatic heterocycles. The molecular formula is C29H37Cl3N4O. The quantitative estimate of drug-likeness (QED) is 0.289. The number of rotatable bonds is 9. The van der Waals surface area contributed by atoms with Crippen molar-refractivity contribution in [3.8, 4) is 11.3 Å². The van der Waals surface area contributed by atoms with Gasteiger partial charge in [-0.05, 0) is 57.0 Å². The molecule has 200 valence electrons. The van der Waals surface area contributed by atoms with E-state index >= 15 is 0 Å². The highest BCUT2D eigenvalue weighted by Gasteiger charge is 2.20. The normalized spacial score (nSPS) is 13.9. The zero-order chi connectivity index (χ0) is 25.7. The molecule has 0 atom stereocenters. The Morgan fingerprint density at radius 1 is 0.973 bits per heavy atom. The molecule has 0 unspecified atom stereocenters. The first kappa shape index (κ1) is 29.4. The van der Waals surface area contributed by atoms with Gasteiger partial charge in [0.1, 0.15) is 0 Å². The van der Waals surface area contributed by atoms with Crippen molar-refractivity contribution in [1.29, 1.82) is 0 Å². The van der Waals surface area contributed by atoms with Crippen LogP contribution < -0.4 is 10.2 Å². The van der Waals surface area contributed by atoms with Crippen LogP contribution in [0.3, 0.4) is 0 Å². The van der Waals surface area contributed by atoms with Crippen LogP contribution in [0.1, 0.15) is 41.4 Å². The summed E-state index contributed by atoms with van der Waals surface area (Å²) in [6.07, 6.45) is 1.94. The Bertz CT molecular complexity index is 1180. The van der Waals surface area contributed by atoms with Crippen LogP contribution in [0.4, 0.5) is 5.69 Å². The van der Waals surface area contributed by atoms with Crippen molar-refractivity contribution in [3.63, 3.8) is 0 Å². The molecular weight excluding hydrogens is 527 g/mol. The highest BCUT2D eigenvalue weighted by Crippen LogP contribution is 2.33. The summed E-state index contributed by atoms with van der Waals surface area (Å²) < 4.78 is 2.27. The summed E-state index contributed by atoms with van der Waals surface area (Å²) in [6.45, 7) is 12.6. The third kappa shape index (κ3) is 7.02. The second-order valence-corrected chi connectivity index (χ2v) is 10.3. The van der Waals surface area contributed by atoms with E-state index < -0.39 is 0 Å². The first-order chi connectivity index (χ1) is 17.4. The van der Waals surface area contributed by atoms with E-state index in [0.717, 1.165) is 80.3 Å². The van der Waals surface area contributed by atoms with E-state index in [4.69, 9.17) is 23.2 Å². The maximum atomic E-state index is 13.1. The van der Waals surface area contributed by atoms with Gasteiger partial charge in [0, 0.05) is 50.7 Å². The summed E-state index contributed by atoms with van der Waals surface area (Å²) in [6, 6.07) is 16.4. The fourth-order valence-electron chi connectivity index (χ4n) is 4.90. The van der Waals surface area contributed by atoms with Crippen LogP contribution in [-0.2, 0) is 6.54 Å². The Morgan fingerprint density at radius 3 is 2.35 bits per heavy atom. The number of aromatic nitrogens is 1. The average molecular weight is 564 g/mol. The lowest BCUT2D eigenvalue weighted by Gasteiger charge is -2.36. The molecule has 1 saturated heterocycles. The van der Waals surface area contributed by atoms with Crippen molar-refractivity contribution < 1.29 is 4.79 Å². The number of amides is 1. The minimum Gasteiger partial charge on any atom is -0.368 e. The Morgan fingerprint density at radius 2 is 1.68 bits per heavy atom. The van der Waals surface area contributed by atoms with Crippen molar-refractivity contribution in [2.24, 2.45) is 0 Å². The molecule has 0 radical (unpaired) electrons. The summed E-state index contributed by atoms with van der Waals surface area (Å²) in [5, 5.41) is 4.37. The summed E-state index contributed by atoms with van der Waals surface area (Å²) >= 11 is 12.6. The number of nitrogens with one attached hydrogen (secondary N) is 1. The molecule has 3 aromatic rings. The van der Waals surface area contributed by atoms with E-state index in [0.29, 0.717) is 16.6 Å². The SMILES string of the molecule is CCCn1c(-c2ccc(C)cc2)cc(C(=O)NCCCN2CCN(c3cccc(Cl)c3Cl)CC2)c1C.Cl. The van der Waals surface area contributed by atoms with Gasteiger partial charge in [-0.25, -0.2) is 0 Å². The molecule has 4 rings (SSSR count). The average Bonchev–Trinajstić information content (AvgIpc) is 3.20. The van der Waals surface area contributed by atoms with Gasteiger partial charge >= 0.3 is 0 Å². The molecule has 37 heavy (non-hydrogen) atoms. The van der Waals surface area contributed by atoms with Crippen molar-refractivity contribution in [1.82, 2.24) is 14.8 Å². The maximum Gasteiger partial charge on any atom is 0.253 e. The molecule has 8 heteroatoms. The fourth-order valence-corrected chi connectivity index (χ4v) is 5.31. The minimum atomic E-state index is 0. The van der Waals surface area contributed by atoms with Gasteiger partial charge < -0.3 is 14.8 Å². The first-order valence-corrected chi connectivity index (χ1v) is 13.6. The first-order valence-electron chi connectivity index (χ1n) is 12.9. The number of nitrogens with zero attached hydrogens (tertiary/aromatic N) is 3. The van der Waals surface area contributed by atoms with Gasteiger partial charge in [-0.1, -0.05) is 66.0 Å². The predicted octanol–water partition coefficient (Wildman–Crippen LogP) is 6.85. The molecule has 1 amide bonds. The lowest BCUT2D eigenvalue weighted by molar-refractivity contribution is 0.0950. The molecule has 5 nitrogen and oxygen atoms in total. The van der Waals surface area contributed by atoms with E-state index in [1.54, 1.807) is 0 Å². The number of carbonyl (C=O) groups excluding carboxylic acids is 1. The second-order valence-electron chi connectivity index (χ2n) is 9.56. The van der Waals surface area contributed by atoms with Crippen LogP contribution in [0.15, 0.2) is 48.5 Å². The predicted molar refractivity (Wildman–Crippen MR) is 159 cm³/mol. The topological polar surface area (TPSA) is 40.5 Å². The van der Waals surface area contributed by atoms with Crippen molar-refractivity contribution in [2.75, 3.05) is 44.2 Å². The summed E-state index contributed by atoms with van der Waals surface area (Å²) in [4.78, 5) is 17.8. The van der Waals surface area contributed by atoms with Gasteiger partial charge in [0.15, 0.2) is 0 Å². The molecule has 1 fully saturated rings. The maximum absolute atomic E-state index is 13.1. The standard InChI is InChI=1S/C29H36Cl2N4O.ClH/c1-4-14-35-22(3)24(20-27(35)23-11-9-21(2)10-12-23)29(36)32-13-6-15-33-16-18-34(19-17-33)26-8-5-7-25(30)28(26)31;/h5,7-12,20H,4,6,13-19H2,1-3H3,(H,32,36);1H. The van der Waals surface area contributed by atoms with Gasteiger partial charge in [-0.3, -0.25) is 9.69 Å². The highest BCUT2D eigenvalue weighted by atomic mass is 35.5. The zero-order valence-corrected chi connectivity index (χ0v) is 24.2. The van der Waals surface area contributed by atoms with Crippen LogP contribution in [-0.4, -0.2) is 54.6 Å². The number of piperazine rings is 1. The largest absolute Gasteiger partial charge is 0.368 e. The van der Waals surface area contributed by atoms with Gasteiger partial charge in [0.2, 0.25) is 0 Å². The molecule has 1 N–H and O–H groups in total. The van der Waals surface area contributed by atoms with E-state index in [2.05, 4.69) is 57.8 Å². The van der Waals surface area contributed by atoms with Crippen molar-refractivity contribution >= 4 is 47.2 Å². The van der Waals surface area contributed by atoms with Crippen LogP contribution in [0.25, 0.3) is 11.3 Å². The minimum absolute atomic E-state index is 0. The van der Waals surface area contributed by atoms with E-state index in [-0.39, 0.29) is 18.3 Å². The Hall–Kier alpha value is -2.18.